The number of aryl methyl sites for hydroxylation is 1. The van der Waals surface area contributed by atoms with Crippen molar-refractivity contribution in [3.63, 3.8) is 0 Å². The summed E-state index contributed by atoms with van der Waals surface area (Å²) in [6, 6.07) is 5.34. The van der Waals surface area contributed by atoms with Gasteiger partial charge in [-0.1, -0.05) is 19.9 Å². The minimum atomic E-state index is -3.38. The molecule has 0 aliphatic carbocycles. The maximum atomic E-state index is 12.7. The number of hydrogen-bond acceptors (Lipinski definition) is 2. The van der Waals surface area contributed by atoms with E-state index in [0.717, 1.165) is 30.4 Å². The van der Waals surface area contributed by atoms with E-state index in [2.05, 4.69) is 6.92 Å². The molecule has 0 aromatic heterocycles. The van der Waals surface area contributed by atoms with Crippen molar-refractivity contribution < 1.29 is 8.42 Å². The summed E-state index contributed by atoms with van der Waals surface area (Å²) >= 11 is 5.93. The van der Waals surface area contributed by atoms with E-state index in [1.807, 2.05) is 13.0 Å². The van der Waals surface area contributed by atoms with Gasteiger partial charge in [-0.2, -0.15) is 4.31 Å². The molecule has 1 fully saturated rings. The highest BCUT2D eigenvalue weighted by atomic mass is 35.5. The number of rotatable bonds is 4. The number of sulfonamides is 1. The van der Waals surface area contributed by atoms with Crippen LogP contribution in [0, 0.1) is 5.92 Å². The molecule has 0 bridgehead atoms. The Morgan fingerprint density at radius 3 is 2.70 bits per heavy atom. The summed E-state index contributed by atoms with van der Waals surface area (Å²) in [5.74, 6) is 0.782. The molecule has 0 saturated carbocycles. The minimum Gasteiger partial charge on any atom is -0.207 e. The van der Waals surface area contributed by atoms with Crippen LogP contribution in [0.25, 0.3) is 0 Å². The second-order valence-corrected chi connectivity index (χ2v) is 7.73. The second-order valence-electron chi connectivity index (χ2n) is 5.53. The van der Waals surface area contributed by atoms with Gasteiger partial charge in [0.15, 0.2) is 0 Å². The Hall–Kier alpha value is -0.580. The van der Waals surface area contributed by atoms with Crippen LogP contribution in [0.15, 0.2) is 23.1 Å². The van der Waals surface area contributed by atoms with Gasteiger partial charge in [0, 0.05) is 19.0 Å². The third kappa shape index (κ3) is 3.18. The van der Waals surface area contributed by atoms with Gasteiger partial charge in [-0.05, 0) is 48.4 Å². The highest BCUT2D eigenvalue weighted by molar-refractivity contribution is 7.89. The van der Waals surface area contributed by atoms with E-state index >= 15 is 0 Å². The quantitative estimate of drug-likeness (QED) is 0.798. The number of nitrogens with zero attached hydrogens (tertiary/aromatic N) is 1. The van der Waals surface area contributed by atoms with Crippen molar-refractivity contribution in [3.05, 3.63) is 29.3 Å². The van der Waals surface area contributed by atoms with E-state index in [9.17, 15) is 8.42 Å². The summed E-state index contributed by atoms with van der Waals surface area (Å²) in [6.07, 6.45) is 2.91. The largest absolute Gasteiger partial charge is 0.243 e. The Morgan fingerprint density at radius 1 is 1.35 bits per heavy atom. The molecule has 1 aromatic rings. The Morgan fingerprint density at radius 2 is 2.10 bits per heavy atom. The zero-order chi connectivity index (χ0) is 14.8. The lowest BCUT2D eigenvalue weighted by Crippen LogP contribution is -2.39. The second kappa shape index (κ2) is 6.46. The van der Waals surface area contributed by atoms with E-state index in [0.29, 0.717) is 29.8 Å². The van der Waals surface area contributed by atoms with E-state index in [1.54, 1.807) is 16.4 Å². The van der Waals surface area contributed by atoms with Crippen LogP contribution in [0.5, 0.6) is 0 Å². The first-order valence-electron chi connectivity index (χ1n) is 7.17. The van der Waals surface area contributed by atoms with Gasteiger partial charge >= 0.3 is 0 Å². The number of hydrogen-bond donors (Lipinski definition) is 0. The van der Waals surface area contributed by atoms with Crippen LogP contribution >= 0.6 is 11.6 Å². The number of halogens is 1. The molecule has 20 heavy (non-hydrogen) atoms. The highest BCUT2D eigenvalue weighted by Gasteiger charge is 2.28. The van der Waals surface area contributed by atoms with Crippen molar-refractivity contribution in [3.8, 4) is 0 Å². The Bertz CT molecular complexity index is 571. The average molecular weight is 316 g/mol. The van der Waals surface area contributed by atoms with Gasteiger partial charge in [-0.3, -0.25) is 0 Å². The summed E-state index contributed by atoms with van der Waals surface area (Å²) in [4.78, 5) is 0.374. The van der Waals surface area contributed by atoms with Crippen LogP contribution in [-0.4, -0.2) is 25.8 Å². The van der Waals surface area contributed by atoms with Gasteiger partial charge in [0.2, 0.25) is 10.0 Å². The zero-order valence-electron chi connectivity index (χ0n) is 12.1. The molecule has 2 rings (SSSR count). The molecule has 112 valence electrons. The van der Waals surface area contributed by atoms with Crippen LogP contribution in [-0.2, 0) is 22.3 Å². The Kier molecular flexibility index (Phi) is 5.10. The van der Waals surface area contributed by atoms with Crippen molar-refractivity contribution >= 4 is 21.6 Å². The number of alkyl halides is 1. The molecular weight excluding hydrogens is 294 g/mol. The third-order valence-electron chi connectivity index (χ3n) is 3.96. The standard InChI is InChI=1S/C15H22ClNO2S/c1-3-13-6-7-15(9-14(13)10-16)20(18,19)17-8-4-5-12(2)11-17/h6-7,9,12H,3-5,8,10-11H2,1-2H3. The molecule has 0 N–H and O–H groups in total. The fourth-order valence-corrected chi connectivity index (χ4v) is 4.64. The minimum absolute atomic E-state index is 0.350. The zero-order valence-corrected chi connectivity index (χ0v) is 13.7. The van der Waals surface area contributed by atoms with Gasteiger partial charge < -0.3 is 0 Å². The molecule has 1 unspecified atom stereocenters. The summed E-state index contributed by atoms with van der Waals surface area (Å²) < 4.78 is 27.0. The van der Waals surface area contributed by atoms with Crippen LogP contribution < -0.4 is 0 Å². The Balaban J connectivity index is 2.34. The van der Waals surface area contributed by atoms with E-state index < -0.39 is 10.0 Å². The molecule has 5 heteroatoms. The molecule has 1 atom stereocenters. The smallest absolute Gasteiger partial charge is 0.207 e. The number of benzene rings is 1. The van der Waals surface area contributed by atoms with Crippen LogP contribution in [0.1, 0.15) is 37.8 Å². The highest BCUT2D eigenvalue weighted by Crippen LogP contribution is 2.25. The van der Waals surface area contributed by atoms with E-state index in [4.69, 9.17) is 11.6 Å². The van der Waals surface area contributed by atoms with Gasteiger partial charge in [-0.15, -0.1) is 11.6 Å². The van der Waals surface area contributed by atoms with Gasteiger partial charge in [0.05, 0.1) is 4.90 Å². The predicted molar refractivity (Wildman–Crippen MR) is 82.5 cm³/mol. The summed E-state index contributed by atoms with van der Waals surface area (Å²) in [6.45, 7) is 5.39. The van der Waals surface area contributed by atoms with Crippen molar-refractivity contribution in [2.45, 2.75) is 43.9 Å². The summed E-state index contributed by atoms with van der Waals surface area (Å²) in [5, 5.41) is 0. The number of piperidine rings is 1. The first-order chi connectivity index (χ1) is 9.48. The average Bonchev–Trinajstić information content (AvgIpc) is 2.46. The van der Waals surface area contributed by atoms with Crippen molar-refractivity contribution in [1.29, 1.82) is 0 Å². The van der Waals surface area contributed by atoms with Gasteiger partial charge in [0.25, 0.3) is 0 Å². The first kappa shape index (κ1) is 15.8. The van der Waals surface area contributed by atoms with Crippen molar-refractivity contribution in [1.82, 2.24) is 4.31 Å². The predicted octanol–water partition coefficient (Wildman–Crippen LogP) is 3.41. The molecule has 1 heterocycles. The molecule has 1 aliphatic heterocycles. The normalized spacial score (nSPS) is 21.1. The Labute approximate surface area is 127 Å². The van der Waals surface area contributed by atoms with Crippen LogP contribution in [0.3, 0.4) is 0 Å². The SMILES string of the molecule is CCc1ccc(S(=O)(=O)N2CCCC(C)C2)cc1CCl. The molecule has 1 saturated heterocycles. The molecule has 0 spiro atoms. The van der Waals surface area contributed by atoms with Gasteiger partial charge in [-0.25, -0.2) is 8.42 Å². The van der Waals surface area contributed by atoms with Gasteiger partial charge in [0.1, 0.15) is 0 Å². The summed E-state index contributed by atoms with van der Waals surface area (Å²) in [5.41, 5.74) is 2.03. The maximum Gasteiger partial charge on any atom is 0.243 e. The van der Waals surface area contributed by atoms with Crippen molar-refractivity contribution in [2.75, 3.05) is 13.1 Å². The summed E-state index contributed by atoms with van der Waals surface area (Å²) in [7, 11) is -3.38. The lowest BCUT2D eigenvalue weighted by Gasteiger charge is -2.30. The maximum absolute atomic E-state index is 12.7. The van der Waals surface area contributed by atoms with Crippen molar-refractivity contribution in [2.24, 2.45) is 5.92 Å². The van der Waals surface area contributed by atoms with E-state index in [1.165, 1.54) is 0 Å². The molecule has 1 aromatic carbocycles. The van der Waals surface area contributed by atoms with Crippen LogP contribution in [0.4, 0.5) is 0 Å². The molecule has 3 nitrogen and oxygen atoms in total. The molecule has 0 amide bonds. The third-order valence-corrected chi connectivity index (χ3v) is 6.11. The lowest BCUT2D eigenvalue weighted by atomic mass is 10.0. The monoisotopic (exact) mass is 315 g/mol. The lowest BCUT2D eigenvalue weighted by molar-refractivity contribution is 0.281. The molecule has 1 aliphatic rings. The van der Waals surface area contributed by atoms with E-state index in [-0.39, 0.29) is 0 Å². The first-order valence-corrected chi connectivity index (χ1v) is 9.14. The topological polar surface area (TPSA) is 37.4 Å². The van der Waals surface area contributed by atoms with Crippen LogP contribution in [0.2, 0.25) is 0 Å². The molecule has 0 radical (unpaired) electrons. The fourth-order valence-electron chi connectivity index (χ4n) is 2.75. The fraction of sp³-hybridized carbons (Fsp3) is 0.600. The molecular formula is C15H22ClNO2S.